The highest BCUT2D eigenvalue weighted by molar-refractivity contribution is 5.91. The highest BCUT2D eigenvalue weighted by atomic mass is 16.5. The molecule has 3 aliphatic carbocycles. The summed E-state index contributed by atoms with van der Waals surface area (Å²) in [6.07, 6.45) is 9.38. The minimum Gasteiger partial charge on any atom is -0.379 e. The molecule has 0 spiro atoms. The van der Waals surface area contributed by atoms with Gasteiger partial charge in [-0.25, -0.2) is 0 Å². The van der Waals surface area contributed by atoms with Crippen LogP contribution in [-0.4, -0.2) is 61.6 Å². The number of morpholine rings is 1. The average molecular weight is 381 g/mol. The second kappa shape index (κ2) is 7.64. The Morgan fingerprint density at radius 1 is 1.11 bits per heavy atom. The maximum Gasteiger partial charge on any atom is 0.233 e. The molecule has 4 aliphatic rings. The zero-order valence-corrected chi connectivity index (χ0v) is 16.8. The van der Waals surface area contributed by atoms with E-state index in [9.17, 15) is 4.79 Å². The number of carbonyl (C=O) groups is 1. The molecule has 1 saturated heterocycles. The van der Waals surface area contributed by atoms with Crippen molar-refractivity contribution in [2.24, 2.45) is 17.8 Å². The third-order valence-electron chi connectivity index (χ3n) is 7.43. The first-order chi connectivity index (χ1) is 13.7. The van der Waals surface area contributed by atoms with Crippen LogP contribution >= 0.6 is 0 Å². The van der Waals surface area contributed by atoms with E-state index in [2.05, 4.69) is 46.2 Å². The van der Waals surface area contributed by atoms with Crippen LogP contribution in [0, 0.1) is 17.8 Å². The van der Waals surface area contributed by atoms with Crippen molar-refractivity contribution < 1.29 is 9.53 Å². The predicted molar refractivity (Wildman–Crippen MR) is 110 cm³/mol. The van der Waals surface area contributed by atoms with Crippen LogP contribution in [0.5, 0.6) is 0 Å². The maximum absolute atomic E-state index is 13.8. The molecule has 2 bridgehead atoms. The van der Waals surface area contributed by atoms with Crippen molar-refractivity contribution in [1.82, 2.24) is 9.80 Å². The smallest absolute Gasteiger partial charge is 0.233 e. The van der Waals surface area contributed by atoms with Crippen molar-refractivity contribution in [3.63, 3.8) is 0 Å². The summed E-state index contributed by atoms with van der Waals surface area (Å²) in [4.78, 5) is 18.4. The normalized spacial score (nSPS) is 30.5. The molecule has 2 saturated carbocycles. The summed E-state index contributed by atoms with van der Waals surface area (Å²) in [6, 6.07) is 10.5. The minimum atomic E-state index is -0.250. The lowest BCUT2D eigenvalue weighted by molar-refractivity contribution is -0.135. The number of fused-ring (bicyclic) bond motifs is 2. The topological polar surface area (TPSA) is 32.8 Å². The van der Waals surface area contributed by atoms with Gasteiger partial charge >= 0.3 is 0 Å². The van der Waals surface area contributed by atoms with Gasteiger partial charge in [-0.05, 0) is 49.0 Å². The van der Waals surface area contributed by atoms with Crippen molar-refractivity contribution in [1.29, 1.82) is 0 Å². The lowest BCUT2D eigenvalue weighted by atomic mass is 9.90. The Bertz CT molecular complexity index is 721. The Morgan fingerprint density at radius 3 is 2.54 bits per heavy atom. The van der Waals surface area contributed by atoms with Crippen LogP contribution in [0.25, 0.3) is 0 Å². The molecule has 4 nitrogen and oxygen atoms in total. The van der Waals surface area contributed by atoms with Gasteiger partial charge in [0.1, 0.15) is 0 Å². The van der Waals surface area contributed by atoms with Crippen molar-refractivity contribution in [3.05, 3.63) is 48.0 Å². The highest BCUT2D eigenvalue weighted by Gasteiger charge is 2.53. The number of hydrogen-bond acceptors (Lipinski definition) is 3. The van der Waals surface area contributed by atoms with Crippen LogP contribution in [0.3, 0.4) is 0 Å². The first-order valence-corrected chi connectivity index (χ1v) is 11.1. The van der Waals surface area contributed by atoms with Gasteiger partial charge in [0.2, 0.25) is 5.91 Å². The number of carbonyl (C=O) groups excluding carboxylic acids is 1. The number of nitrogens with zero attached hydrogens (tertiary/aromatic N) is 2. The molecule has 0 aromatic heterocycles. The number of hydrogen-bond donors (Lipinski definition) is 0. The fraction of sp³-hybridized carbons (Fsp3) is 0.625. The molecular weight excluding hydrogens is 348 g/mol. The van der Waals surface area contributed by atoms with Crippen LogP contribution < -0.4 is 0 Å². The number of allylic oxidation sites excluding steroid dienone is 2. The van der Waals surface area contributed by atoms with E-state index in [1.807, 2.05) is 6.07 Å². The third kappa shape index (κ3) is 3.53. The van der Waals surface area contributed by atoms with Crippen LogP contribution in [0.15, 0.2) is 42.5 Å². The van der Waals surface area contributed by atoms with E-state index in [1.165, 1.54) is 18.4 Å². The number of benzene rings is 1. The summed E-state index contributed by atoms with van der Waals surface area (Å²) in [6.45, 7) is 6.37. The molecule has 150 valence electrons. The highest BCUT2D eigenvalue weighted by Crippen LogP contribution is 2.50. The summed E-state index contributed by atoms with van der Waals surface area (Å²) in [5.41, 5.74) is 0.962. The molecule has 0 N–H and O–H groups in total. The molecule has 1 aromatic rings. The van der Waals surface area contributed by atoms with Gasteiger partial charge in [0, 0.05) is 32.7 Å². The third-order valence-corrected chi connectivity index (χ3v) is 7.43. The largest absolute Gasteiger partial charge is 0.379 e. The van der Waals surface area contributed by atoms with E-state index in [0.29, 0.717) is 17.7 Å². The van der Waals surface area contributed by atoms with E-state index in [4.69, 9.17) is 4.74 Å². The van der Waals surface area contributed by atoms with Gasteiger partial charge in [-0.2, -0.15) is 0 Å². The van der Waals surface area contributed by atoms with Crippen LogP contribution in [-0.2, 0) is 14.9 Å². The van der Waals surface area contributed by atoms with E-state index in [0.717, 1.165) is 64.7 Å². The number of amides is 1. The average Bonchev–Trinajstić information content (AvgIpc) is 3.30. The van der Waals surface area contributed by atoms with E-state index in [1.54, 1.807) is 0 Å². The summed E-state index contributed by atoms with van der Waals surface area (Å²) in [7, 11) is 0. The molecule has 5 rings (SSSR count). The molecule has 28 heavy (non-hydrogen) atoms. The van der Waals surface area contributed by atoms with Gasteiger partial charge in [-0.1, -0.05) is 42.5 Å². The Kier molecular flexibility index (Phi) is 5.02. The van der Waals surface area contributed by atoms with Gasteiger partial charge in [-0.3, -0.25) is 9.69 Å². The Labute approximate surface area is 168 Å². The molecule has 0 radical (unpaired) electrons. The second-order valence-corrected chi connectivity index (χ2v) is 9.19. The monoisotopic (exact) mass is 380 g/mol. The van der Waals surface area contributed by atoms with Gasteiger partial charge in [-0.15, -0.1) is 0 Å². The molecule has 1 amide bonds. The molecule has 1 aromatic carbocycles. The van der Waals surface area contributed by atoms with Gasteiger partial charge < -0.3 is 9.64 Å². The van der Waals surface area contributed by atoms with Crippen LogP contribution in [0.4, 0.5) is 0 Å². The molecule has 3 atom stereocenters. The van der Waals surface area contributed by atoms with Gasteiger partial charge in [0.05, 0.1) is 18.6 Å². The summed E-state index contributed by atoms with van der Waals surface area (Å²) >= 11 is 0. The van der Waals surface area contributed by atoms with Crippen molar-refractivity contribution >= 4 is 5.91 Å². The standard InChI is InChI=1S/C24H32N2O2/c27-23(24(8-9-24)22-4-2-1-3-5-22)26(11-10-25-12-14-28-15-13-25)18-21-17-19-6-7-20(21)16-19/h1-7,19-21H,8-18H2/t19-,20+,21-/m1/s1. The summed E-state index contributed by atoms with van der Waals surface area (Å²) in [5, 5.41) is 0. The fourth-order valence-electron chi connectivity index (χ4n) is 5.56. The number of ether oxygens (including phenoxy) is 1. The van der Waals surface area contributed by atoms with E-state index in [-0.39, 0.29) is 5.41 Å². The van der Waals surface area contributed by atoms with E-state index < -0.39 is 0 Å². The molecule has 3 fully saturated rings. The van der Waals surface area contributed by atoms with E-state index >= 15 is 0 Å². The summed E-state index contributed by atoms with van der Waals surface area (Å²) in [5.74, 6) is 2.47. The Hall–Kier alpha value is -1.65. The predicted octanol–water partition coefficient (Wildman–Crippen LogP) is 3.09. The molecular formula is C24H32N2O2. The first kappa shape index (κ1) is 18.4. The number of rotatable bonds is 7. The molecule has 4 heteroatoms. The zero-order valence-electron chi connectivity index (χ0n) is 16.8. The SMILES string of the molecule is O=C(N(CCN1CCOCC1)C[C@H]1C[C@@H]2C=C[C@H]1C2)C1(c2ccccc2)CC1. The van der Waals surface area contributed by atoms with Crippen molar-refractivity contribution in [2.75, 3.05) is 45.9 Å². The Morgan fingerprint density at radius 2 is 1.89 bits per heavy atom. The first-order valence-electron chi connectivity index (χ1n) is 11.1. The van der Waals surface area contributed by atoms with Crippen molar-refractivity contribution in [2.45, 2.75) is 31.1 Å². The van der Waals surface area contributed by atoms with Crippen molar-refractivity contribution in [3.8, 4) is 0 Å². The molecule has 0 unspecified atom stereocenters. The summed E-state index contributed by atoms with van der Waals surface area (Å²) < 4.78 is 5.49. The zero-order chi connectivity index (χ0) is 19.0. The van der Waals surface area contributed by atoms with Gasteiger partial charge in [0.15, 0.2) is 0 Å². The second-order valence-electron chi connectivity index (χ2n) is 9.19. The van der Waals surface area contributed by atoms with Crippen LogP contribution in [0.1, 0.15) is 31.2 Å². The Balaban J connectivity index is 1.31. The quantitative estimate of drug-likeness (QED) is 0.682. The minimum absolute atomic E-state index is 0.250. The lowest BCUT2D eigenvalue weighted by Gasteiger charge is -2.34. The van der Waals surface area contributed by atoms with Crippen LogP contribution in [0.2, 0.25) is 0 Å². The fourth-order valence-corrected chi connectivity index (χ4v) is 5.56. The van der Waals surface area contributed by atoms with Gasteiger partial charge in [0.25, 0.3) is 0 Å². The maximum atomic E-state index is 13.8. The lowest BCUT2D eigenvalue weighted by Crippen LogP contribution is -2.47. The molecule has 1 heterocycles. The molecule has 1 aliphatic heterocycles.